The van der Waals surface area contributed by atoms with Gasteiger partial charge in [0.05, 0.1) is 34.1 Å². The molecular weight excluding hydrogens is 676 g/mol. The number of hydrogen-bond acceptors (Lipinski definition) is 4. The topological polar surface area (TPSA) is 94.2 Å². The number of aromatic nitrogens is 4. The molecule has 0 amide bonds. The predicted molar refractivity (Wildman–Crippen MR) is 168 cm³/mol. The minimum Gasteiger partial charge on any atom is -0.503 e. The Morgan fingerprint density at radius 3 is 2.22 bits per heavy atom. The number of phenolic OH excluding ortho intramolecular Hbond substituents is 1. The van der Waals surface area contributed by atoms with E-state index >= 15 is 0 Å². The molecule has 2 N–H and O–H groups in total. The number of halogens is 3. The summed E-state index contributed by atoms with van der Waals surface area (Å²) in [5.41, 5.74) is 3.25. The van der Waals surface area contributed by atoms with E-state index in [1.807, 2.05) is 55.5 Å². The average Bonchev–Trinajstić information content (AvgIpc) is 3.34. The summed E-state index contributed by atoms with van der Waals surface area (Å²) in [7, 11) is 1.80. The molecule has 0 aliphatic rings. The zero-order valence-electron chi connectivity index (χ0n) is 22.7. The van der Waals surface area contributed by atoms with Gasteiger partial charge in [-0.15, -0.1) is 0 Å². The highest BCUT2D eigenvalue weighted by Crippen LogP contribution is 2.41. The Morgan fingerprint density at radius 1 is 0.951 bits per heavy atom. The minimum absolute atomic E-state index is 0.0531. The van der Waals surface area contributed by atoms with Crippen molar-refractivity contribution in [2.75, 3.05) is 6.61 Å². The fourth-order valence-electron chi connectivity index (χ4n) is 5.16. The van der Waals surface area contributed by atoms with E-state index in [0.717, 1.165) is 8.95 Å². The number of aromatic amines is 1. The number of nitrogens with one attached hydrogen (secondary N) is 1. The first-order chi connectivity index (χ1) is 19.5. The molecule has 0 saturated carbocycles. The van der Waals surface area contributed by atoms with E-state index in [1.165, 1.54) is 4.68 Å². The van der Waals surface area contributed by atoms with E-state index in [2.05, 4.69) is 37.0 Å². The maximum Gasteiger partial charge on any atom is 0.275 e. The largest absolute Gasteiger partial charge is 0.503 e. The fraction of sp³-hybridized carbons (Fsp3) is 0.200. The van der Waals surface area contributed by atoms with Crippen LogP contribution >= 0.6 is 43.5 Å². The monoisotopic (exact) mass is 700 g/mol. The van der Waals surface area contributed by atoms with Crippen LogP contribution < -0.4 is 15.9 Å². The average molecular weight is 703 g/mol. The SMILES string of the molecule is CCOc1cc(C(c2c(C)[nH]n(-c3cccc(Br)c3)c2=O)c2c(C)n(C)n(-c3cccc(Br)c3)c2=O)cc(Cl)c1O. The van der Waals surface area contributed by atoms with Crippen LogP contribution in [0.25, 0.3) is 11.4 Å². The van der Waals surface area contributed by atoms with E-state index in [1.54, 1.807) is 42.4 Å². The Morgan fingerprint density at radius 2 is 1.59 bits per heavy atom. The lowest BCUT2D eigenvalue weighted by atomic mass is 9.85. The molecule has 0 saturated heterocycles. The maximum absolute atomic E-state index is 14.3. The normalized spacial score (nSPS) is 12.1. The smallest absolute Gasteiger partial charge is 0.275 e. The Bertz CT molecular complexity index is 1900. The number of benzene rings is 3. The molecule has 0 aliphatic heterocycles. The zero-order chi connectivity index (χ0) is 29.6. The number of hydrogen-bond donors (Lipinski definition) is 2. The second-order valence-corrected chi connectivity index (χ2v) is 11.8. The van der Waals surface area contributed by atoms with E-state index < -0.39 is 5.92 Å². The molecule has 1 atom stereocenters. The van der Waals surface area contributed by atoms with Gasteiger partial charge in [-0.3, -0.25) is 19.4 Å². The van der Waals surface area contributed by atoms with Crippen LogP contribution in [0.1, 0.15) is 40.9 Å². The molecule has 3 aromatic carbocycles. The van der Waals surface area contributed by atoms with Crippen LogP contribution in [-0.4, -0.2) is 30.9 Å². The summed E-state index contributed by atoms with van der Waals surface area (Å²) in [4.78, 5) is 28.5. The van der Waals surface area contributed by atoms with Gasteiger partial charge < -0.3 is 9.84 Å². The van der Waals surface area contributed by atoms with Crippen molar-refractivity contribution >= 4 is 43.5 Å². The van der Waals surface area contributed by atoms with Crippen molar-refractivity contribution in [2.45, 2.75) is 26.7 Å². The molecule has 5 rings (SSSR count). The van der Waals surface area contributed by atoms with Gasteiger partial charge in [0.25, 0.3) is 11.1 Å². The van der Waals surface area contributed by atoms with E-state index in [-0.39, 0.29) is 34.2 Å². The lowest BCUT2D eigenvalue weighted by molar-refractivity contribution is 0.318. The Labute approximate surface area is 258 Å². The molecule has 8 nitrogen and oxygen atoms in total. The highest BCUT2D eigenvalue weighted by molar-refractivity contribution is 9.10. The van der Waals surface area contributed by atoms with Crippen LogP contribution in [0.3, 0.4) is 0 Å². The second kappa shape index (κ2) is 11.4. The highest BCUT2D eigenvalue weighted by Gasteiger charge is 2.33. The van der Waals surface area contributed by atoms with Crippen LogP contribution in [0.15, 0.2) is 79.2 Å². The highest BCUT2D eigenvalue weighted by atomic mass is 79.9. The molecule has 1 unspecified atom stereocenters. The summed E-state index contributed by atoms with van der Waals surface area (Å²) in [5.74, 6) is -0.873. The zero-order valence-corrected chi connectivity index (χ0v) is 26.6. The van der Waals surface area contributed by atoms with Gasteiger partial charge in [-0.05, 0) is 74.9 Å². The number of rotatable bonds is 7. The second-order valence-electron chi connectivity index (χ2n) is 9.61. The van der Waals surface area contributed by atoms with Crippen molar-refractivity contribution in [3.63, 3.8) is 0 Å². The van der Waals surface area contributed by atoms with Crippen LogP contribution in [0.4, 0.5) is 0 Å². The van der Waals surface area contributed by atoms with Gasteiger partial charge in [-0.1, -0.05) is 55.6 Å². The van der Waals surface area contributed by atoms with Gasteiger partial charge in [0.15, 0.2) is 11.5 Å². The van der Waals surface area contributed by atoms with E-state index in [0.29, 0.717) is 39.5 Å². The summed E-state index contributed by atoms with van der Waals surface area (Å²) >= 11 is 13.4. The molecule has 0 bridgehead atoms. The minimum atomic E-state index is -0.837. The van der Waals surface area contributed by atoms with Gasteiger partial charge in [0.2, 0.25) is 0 Å². The van der Waals surface area contributed by atoms with E-state index in [4.69, 9.17) is 16.3 Å². The van der Waals surface area contributed by atoms with Crippen molar-refractivity contribution < 1.29 is 9.84 Å². The van der Waals surface area contributed by atoms with Crippen LogP contribution in [0, 0.1) is 13.8 Å². The quantitative estimate of drug-likeness (QED) is 0.197. The number of aromatic hydroxyl groups is 1. The summed E-state index contributed by atoms with van der Waals surface area (Å²) in [6.45, 7) is 5.73. The number of aryl methyl sites for hydroxylation is 1. The molecule has 2 aromatic heterocycles. The van der Waals surface area contributed by atoms with E-state index in [9.17, 15) is 14.7 Å². The molecule has 0 aliphatic carbocycles. The van der Waals surface area contributed by atoms with Gasteiger partial charge >= 0.3 is 0 Å². The van der Waals surface area contributed by atoms with Gasteiger partial charge in [-0.2, -0.15) is 0 Å². The first-order valence-corrected chi connectivity index (χ1v) is 14.8. The summed E-state index contributed by atoms with van der Waals surface area (Å²) in [6, 6.07) is 18.0. The third kappa shape index (κ3) is 5.20. The molecule has 41 heavy (non-hydrogen) atoms. The van der Waals surface area contributed by atoms with Crippen LogP contribution in [0.2, 0.25) is 5.02 Å². The number of phenols is 1. The third-order valence-electron chi connectivity index (χ3n) is 7.10. The van der Waals surface area contributed by atoms with Crippen molar-refractivity contribution in [2.24, 2.45) is 7.05 Å². The third-order valence-corrected chi connectivity index (χ3v) is 8.37. The van der Waals surface area contributed by atoms with Gasteiger partial charge in [0.1, 0.15) is 0 Å². The molecular formula is C30H27Br2ClN4O4. The molecule has 0 radical (unpaired) electrons. The lowest BCUT2D eigenvalue weighted by Gasteiger charge is -2.18. The lowest BCUT2D eigenvalue weighted by Crippen LogP contribution is -2.26. The molecule has 11 heteroatoms. The van der Waals surface area contributed by atoms with Crippen molar-refractivity contribution in [1.82, 2.24) is 19.1 Å². The molecule has 5 aromatic rings. The van der Waals surface area contributed by atoms with Crippen molar-refractivity contribution in [1.29, 1.82) is 0 Å². The standard InChI is InChI=1S/C30H27Br2ClN4O4/c1-5-41-24-13-18(12-23(33)28(24)38)27(25-16(2)34-36(29(25)39)21-10-6-8-19(31)14-21)26-17(3)35(4)37(30(26)40)22-11-7-9-20(32)15-22/h6-15,27,34,38H,5H2,1-4H3. The Hall–Kier alpha value is -3.47. The first-order valence-electron chi connectivity index (χ1n) is 12.8. The molecule has 0 fully saturated rings. The summed E-state index contributed by atoms with van der Waals surface area (Å²) in [5, 5.41) is 13.8. The number of H-pyrrole nitrogens is 1. The summed E-state index contributed by atoms with van der Waals surface area (Å²) in [6.07, 6.45) is 0. The fourth-order valence-corrected chi connectivity index (χ4v) is 6.15. The van der Waals surface area contributed by atoms with Gasteiger partial charge in [0, 0.05) is 33.3 Å². The Balaban J connectivity index is 1.85. The molecule has 0 spiro atoms. The Kier molecular flexibility index (Phi) is 8.09. The van der Waals surface area contributed by atoms with Crippen LogP contribution in [0.5, 0.6) is 11.5 Å². The van der Waals surface area contributed by atoms with Crippen molar-refractivity contribution in [3.05, 3.63) is 123 Å². The number of ether oxygens (including phenoxy) is 1. The van der Waals surface area contributed by atoms with Gasteiger partial charge in [-0.25, -0.2) is 9.36 Å². The number of nitrogens with zero attached hydrogens (tertiary/aromatic N) is 3. The summed E-state index contributed by atoms with van der Waals surface area (Å²) < 4.78 is 12.1. The predicted octanol–water partition coefficient (Wildman–Crippen LogP) is 6.73. The molecule has 212 valence electrons. The van der Waals surface area contributed by atoms with Crippen LogP contribution in [-0.2, 0) is 7.05 Å². The maximum atomic E-state index is 14.3. The van der Waals surface area contributed by atoms with Crippen molar-refractivity contribution in [3.8, 4) is 22.9 Å². The first kappa shape index (κ1) is 29.0. The molecule has 2 heterocycles.